The minimum Gasteiger partial charge on any atom is -0.480 e. The molecule has 1 aromatic carbocycles. The third kappa shape index (κ3) is 5.64. The van der Waals surface area contributed by atoms with Gasteiger partial charge < -0.3 is 19.4 Å². The van der Waals surface area contributed by atoms with Crippen LogP contribution in [0.5, 0.6) is 0 Å². The molecule has 1 aliphatic carbocycles. The van der Waals surface area contributed by atoms with E-state index in [1.165, 1.54) is 12.1 Å². The summed E-state index contributed by atoms with van der Waals surface area (Å²) in [6, 6.07) is 9.97. The van der Waals surface area contributed by atoms with Gasteiger partial charge in [0.25, 0.3) is 10.0 Å². The fraction of sp³-hybridized carbons (Fsp3) is 0.400. The van der Waals surface area contributed by atoms with Crippen molar-refractivity contribution >= 4 is 33.2 Å². The lowest BCUT2D eigenvalue weighted by atomic mass is 10.0. The van der Waals surface area contributed by atoms with Crippen molar-refractivity contribution in [2.45, 2.75) is 34.7 Å². The predicted octanol–water partition coefficient (Wildman–Crippen LogP) is 3.03. The molecule has 0 radical (unpaired) electrons. The van der Waals surface area contributed by atoms with Crippen LogP contribution in [0.2, 0.25) is 0 Å². The van der Waals surface area contributed by atoms with Crippen molar-refractivity contribution in [1.82, 2.24) is 19.7 Å². The molecule has 10 nitrogen and oxygen atoms in total. The number of nitrogens with zero attached hydrogens (tertiary/aromatic N) is 3. The molecule has 2 N–H and O–H groups in total. The number of carboxylic acid groups (broad SMARTS) is 1. The molecule has 2 aliphatic rings. The molecule has 214 valence electrons. The van der Waals surface area contributed by atoms with Crippen molar-refractivity contribution in [3.05, 3.63) is 59.4 Å². The van der Waals surface area contributed by atoms with Gasteiger partial charge in [-0.1, -0.05) is 29.4 Å². The van der Waals surface area contributed by atoms with E-state index in [0.717, 1.165) is 18.7 Å². The van der Waals surface area contributed by atoms with Crippen molar-refractivity contribution < 1.29 is 40.8 Å². The maximum Gasteiger partial charge on any atom is 0.452 e. The van der Waals surface area contributed by atoms with Crippen LogP contribution in [-0.2, 0) is 32.2 Å². The molecule has 2 aromatic heterocycles. The van der Waals surface area contributed by atoms with Gasteiger partial charge in [0.15, 0.2) is 0 Å². The first kappa shape index (κ1) is 28.3. The van der Waals surface area contributed by atoms with Gasteiger partial charge in [-0.2, -0.15) is 17.9 Å². The number of likely N-dealkylation sites (N-methyl/N-ethyl adjacent to an activating group) is 1. The molecular formula is C25H25F3N4O6S2. The Bertz CT molecular complexity index is 1530. The zero-order valence-electron chi connectivity index (χ0n) is 21.1. The number of aliphatic carboxylic acids is 1. The molecule has 5 rings (SSSR count). The second kappa shape index (κ2) is 10.3. The number of halogens is 3. The summed E-state index contributed by atoms with van der Waals surface area (Å²) in [4.78, 5) is 28.9. The molecule has 0 bridgehead atoms. The maximum absolute atomic E-state index is 13.1. The maximum atomic E-state index is 13.1. The second-order valence-electron chi connectivity index (χ2n) is 9.93. The summed E-state index contributed by atoms with van der Waals surface area (Å²) in [5.74, 6) is -3.31. The highest BCUT2D eigenvalue weighted by Gasteiger charge is 2.63. The Balaban J connectivity index is 1.27. The van der Waals surface area contributed by atoms with Crippen LogP contribution in [0.4, 0.5) is 13.2 Å². The minimum atomic E-state index is -4.74. The minimum absolute atomic E-state index is 0.00971. The lowest BCUT2D eigenvalue weighted by molar-refractivity contribution is -0.155. The average Bonchev–Trinajstić information content (AvgIpc) is 3.25. The Kier molecular flexibility index (Phi) is 7.27. The van der Waals surface area contributed by atoms with Crippen molar-refractivity contribution in [1.29, 1.82) is 0 Å². The van der Waals surface area contributed by atoms with Crippen LogP contribution in [0.1, 0.15) is 29.2 Å². The number of piperazine rings is 1. The molecule has 1 saturated heterocycles. The number of hydrogen-bond donors (Lipinski definition) is 2. The van der Waals surface area contributed by atoms with Gasteiger partial charge in [-0.15, -0.1) is 11.3 Å². The third-order valence-corrected chi connectivity index (χ3v) is 10.3. The van der Waals surface area contributed by atoms with Gasteiger partial charge >= 0.3 is 12.1 Å². The number of rotatable bonds is 8. The van der Waals surface area contributed by atoms with E-state index in [9.17, 15) is 36.3 Å². The summed E-state index contributed by atoms with van der Waals surface area (Å²) < 4.78 is 70.9. The largest absolute Gasteiger partial charge is 0.480 e. The van der Waals surface area contributed by atoms with Crippen LogP contribution < -0.4 is 4.72 Å². The van der Waals surface area contributed by atoms with E-state index in [1.54, 1.807) is 24.3 Å². The zero-order valence-corrected chi connectivity index (χ0v) is 22.8. The number of alkyl halides is 3. The summed E-state index contributed by atoms with van der Waals surface area (Å²) in [6.07, 6.45) is -4.52. The smallest absolute Gasteiger partial charge is 0.452 e. The van der Waals surface area contributed by atoms with Gasteiger partial charge in [0.2, 0.25) is 11.7 Å². The molecule has 2 fully saturated rings. The Hall–Kier alpha value is -3.27. The second-order valence-corrected chi connectivity index (χ2v) is 12.9. The molecule has 1 amide bonds. The Morgan fingerprint density at radius 1 is 1.15 bits per heavy atom. The normalized spacial score (nSPS) is 21.9. The number of hydrogen-bond acceptors (Lipinski definition) is 8. The summed E-state index contributed by atoms with van der Waals surface area (Å²) in [5.41, 5.74) is -0.600. The van der Waals surface area contributed by atoms with Gasteiger partial charge in [-0.05, 0) is 36.7 Å². The van der Waals surface area contributed by atoms with Gasteiger partial charge in [0.1, 0.15) is 15.4 Å². The molecule has 40 heavy (non-hydrogen) atoms. The molecule has 2 atom stereocenters. The molecule has 0 spiro atoms. The topological polar surface area (TPSA) is 133 Å². The number of carbonyl (C=O) groups excluding carboxylic acids is 1. The van der Waals surface area contributed by atoms with Gasteiger partial charge in [0.05, 0.1) is 11.3 Å². The highest BCUT2D eigenvalue weighted by molar-refractivity contribution is 7.91. The number of amides is 1. The Morgan fingerprint density at radius 3 is 2.42 bits per heavy atom. The van der Waals surface area contributed by atoms with Gasteiger partial charge in [0, 0.05) is 38.2 Å². The van der Waals surface area contributed by atoms with E-state index in [4.69, 9.17) is 0 Å². The van der Waals surface area contributed by atoms with Crippen molar-refractivity contribution in [2.75, 3.05) is 33.2 Å². The average molecular weight is 599 g/mol. The van der Waals surface area contributed by atoms with Crippen LogP contribution in [0.3, 0.4) is 0 Å². The lowest BCUT2D eigenvalue weighted by Gasteiger charge is -2.32. The van der Waals surface area contributed by atoms with Crippen LogP contribution in [-0.4, -0.2) is 79.1 Å². The Morgan fingerprint density at radius 2 is 1.82 bits per heavy atom. The first-order valence-electron chi connectivity index (χ1n) is 12.3. The number of benzene rings is 1. The van der Waals surface area contributed by atoms with E-state index in [0.29, 0.717) is 36.1 Å². The molecule has 15 heteroatoms. The van der Waals surface area contributed by atoms with Crippen molar-refractivity contribution in [2.24, 2.45) is 0 Å². The van der Waals surface area contributed by atoms with E-state index >= 15 is 0 Å². The van der Waals surface area contributed by atoms with Crippen molar-refractivity contribution in [3.8, 4) is 10.6 Å². The highest BCUT2D eigenvalue weighted by atomic mass is 32.2. The fourth-order valence-corrected chi connectivity index (χ4v) is 7.35. The molecule has 0 unspecified atom stereocenters. The van der Waals surface area contributed by atoms with Crippen LogP contribution in [0.25, 0.3) is 10.6 Å². The first-order valence-corrected chi connectivity index (χ1v) is 14.5. The van der Waals surface area contributed by atoms with Crippen molar-refractivity contribution in [3.63, 3.8) is 0 Å². The SMILES string of the molecule is CN1CCN(C(=O)Cc2ccc([C@@H]3C[C@]3(NS(=O)(=O)c3ccc(-c4cc(C(F)(F)F)on4)s3)C(=O)O)cc2)CC1. The first-order chi connectivity index (χ1) is 18.8. The van der Waals surface area contributed by atoms with Crippen LogP contribution in [0, 0.1) is 0 Å². The zero-order chi connectivity index (χ0) is 28.9. The van der Waals surface area contributed by atoms with Gasteiger partial charge in [-0.3, -0.25) is 9.59 Å². The number of aromatic nitrogens is 1. The van der Waals surface area contributed by atoms with Gasteiger partial charge in [-0.25, -0.2) is 8.42 Å². The number of sulfonamides is 1. The highest BCUT2D eigenvalue weighted by Crippen LogP contribution is 2.52. The lowest BCUT2D eigenvalue weighted by Crippen LogP contribution is -2.47. The number of thiophene rings is 1. The molecule has 1 saturated carbocycles. The molecular weight excluding hydrogens is 573 g/mol. The standard InChI is InChI=1S/C25H25F3N4O6S2/c1-31-8-10-32(11-9-31)21(33)12-15-2-4-16(5-3-15)17-14-24(17,23(34)35)30-40(36,37)22-7-6-19(39-22)18-13-20(38-29-18)25(26,27)28/h2-7,13,17,30H,8-12,14H2,1H3,(H,34,35)/t17-,24+/m0/s1. The molecule has 1 aliphatic heterocycles. The number of carbonyl (C=O) groups is 2. The Labute approximate surface area is 231 Å². The van der Waals surface area contributed by atoms with E-state index in [2.05, 4.69) is 19.3 Å². The fourth-order valence-electron chi connectivity index (χ4n) is 4.69. The van der Waals surface area contributed by atoms with Crippen LogP contribution in [0.15, 0.2) is 51.2 Å². The summed E-state index contributed by atoms with van der Waals surface area (Å²) >= 11 is 0.642. The predicted molar refractivity (Wildman–Crippen MR) is 137 cm³/mol. The number of nitrogens with one attached hydrogen (secondary N) is 1. The van der Waals surface area contributed by atoms with Crippen LogP contribution >= 0.6 is 11.3 Å². The van der Waals surface area contributed by atoms with E-state index < -0.39 is 39.4 Å². The summed E-state index contributed by atoms with van der Waals surface area (Å²) in [7, 11) is -2.34. The summed E-state index contributed by atoms with van der Waals surface area (Å²) in [5, 5.41) is 13.3. The van der Waals surface area contributed by atoms with E-state index in [-0.39, 0.29) is 33.5 Å². The summed E-state index contributed by atoms with van der Waals surface area (Å²) in [6.45, 7) is 2.95. The third-order valence-electron chi connectivity index (χ3n) is 7.14. The molecule has 3 heterocycles. The van der Waals surface area contributed by atoms with E-state index in [1.807, 2.05) is 11.9 Å². The quantitative estimate of drug-likeness (QED) is 0.405. The monoisotopic (exact) mass is 598 g/mol. The molecule has 3 aromatic rings. The number of carboxylic acids is 1.